The third kappa shape index (κ3) is 6.77. The lowest BCUT2D eigenvalue weighted by Gasteiger charge is -2.23. The van der Waals surface area contributed by atoms with Gasteiger partial charge in [0.1, 0.15) is 13.1 Å². The smallest absolute Gasteiger partial charge is 0.276 e. The van der Waals surface area contributed by atoms with E-state index in [4.69, 9.17) is 26.4 Å². The van der Waals surface area contributed by atoms with E-state index >= 15 is 0 Å². The minimum absolute atomic E-state index is 0.00631. The van der Waals surface area contributed by atoms with Crippen LogP contribution in [0.5, 0.6) is 11.5 Å². The number of nitrogens with zero attached hydrogens (tertiary/aromatic N) is 1. The highest BCUT2D eigenvalue weighted by atomic mass is 32.1. The molecule has 0 spiro atoms. The minimum Gasteiger partial charge on any atom is -0.493 e. The van der Waals surface area contributed by atoms with Crippen molar-refractivity contribution in [1.82, 2.24) is 10.6 Å². The summed E-state index contributed by atoms with van der Waals surface area (Å²) in [5, 5.41) is 18.2. The first kappa shape index (κ1) is 22.1. The van der Waals surface area contributed by atoms with E-state index in [1.807, 2.05) is 0 Å². The maximum atomic E-state index is 11.3. The molecule has 1 aliphatic heterocycles. The van der Waals surface area contributed by atoms with Gasteiger partial charge < -0.3 is 29.7 Å². The lowest BCUT2D eigenvalue weighted by atomic mass is 10.1. The number of nitrogens with one attached hydrogen (secondary N) is 3. The summed E-state index contributed by atoms with van der Waals surface area (Å²) in [4.78, 5) is 12.5. The Bertz CT molecular complexity index is 668. The fourth-order valence-corrected chi connectivity index (χ4v) is 3.31. The molecule has 10 heteroatoms. The van der Waals surface area contributed by atoms with Crippen molar-refractivity contribution in [2.24, 2.45) is 0 Å². The number of thiocarbonyl (C=S) groups is 1. The number of nitro benzene ring substituents is 1. The predicted molar refractivity (Wildman–Crippen MR) is 110 cm³/mol. The Balaban J connectivity index is 1.75. The van der Waals surface area contributed by atoms with E-state index in [-0.39, 0.29) is 5.69 Å². The Hall–Kier alpha value is -2.17. The zero-order valence-electron chi connectivity index (χ0n) is 16.4. The van der Waals surface area contributed by atoms with Gasteiger partial charge in [-0.2, -0.15) is 0 Å². The molecule has 2 rings (SSSR count). The second-order valence-electron chi connectivity index (χ2n) is 6.49. The van der Waals surface area contributed by atoms with Crippen molar-refractivity contribution in [1.29, 1.82) is 0 Å². The molecular formula is C18H29N4O5S+. The molecule has 1 fully saturated rings. The molecule has 3 N–H and O–H groups in total. The van der Waals surface area contributed by atoms with Gasteiger partial charge in [0, 0.05) is 25.1 Å². The first-order valence-electron chi connectivity index (χ1n) is 9.37. The molecule has 28 heavy (non-hydrogen) atoms. The molecule has 1 saturated heterocycles. The van der Waals surface area contributed by atoms with Crippen LogP contribution in [0.3, 0.4) is 0 Å². The fraction of sp³-hybridized carbons (Fsp3) is 0.611. The summed E-state index contributed by atoms with van der Waals surface area (Å²) in [6.07, 6.45) is 1.47. The van der Waals surface area contributed by atoms with Gasteiger partial charge in [0.25, 0.3) is 5.69 Å². The molecule has 9 nitrogen and oxygen atoms in total. The molecule has 0 radical (unpaired) electrons. The summed E-state index contributed by atoms with van der Waals surface area (Å²) in [7, 11) is 2.96. The molecule has 1 aromatic rings. The highest BCUT2D eigenvalue weighted by Crippen LogP contribution is 2.34. The molecule has 156 valence electrons. The highest BCUT2D eigenvalue weighted by molar-refractivity contribution is 7.80. The molecule has 1 aliphatic rings. The Kier molecular flexibility index (Phi) is 9.18. The van der Waals surface area contributed by atoms with Crippen molar-refractivity contribution < 1.29 is 24.0 Å². The third-order valence-corrected chi connectivity index (χ3v) is 4.94. The Morgan fingerprint density at radius 3 is 2.50 bits per heavy atom. The van der Waals surface area contributed by atoms with Crippen LogP contribution in [0.1, 0.15) is 12.0 Å². The van der Waals surface area contributed by atoms with E-state index in [1.165, 1.54) is 20.3 Å². The van der Waals surface area contributed by atoms with Gasteiger partial charge in [0.15, 0.2) is 16.6 Å². The Morgan fingerprint density at radius 1 is 1.21 bits per heavy atom. The van der Waals surface area contributed by atoms with Crippen LogP contribution in [0, 0.1) is 10.1 Å². The first-order valence-corrected chi connectivity index (χ1v) is 9.78. The number of methoxy groups -OCH3 is 2. The minimum atomic E-state index is -0.415. The maximum absolute atomic E-state index is 11.3. The van der Waals surface area contributed by atoms with Gasteiger partial charge in [-0.15, -0.1) is 0 Å². The topological polar surface area (TPSA) is 99.3 Å². The van der Waals surface area contributed by atoms with Crippen LogP contribution >= 0.6 is 12.2 Å². The van der Waals surface area contributed by atoms with Crippen LogP contribution in [0.25, 0.3) is 0 Å². The molecule has 0 aliphatic carbocycles. The monoisotopic (exact) mass is 413 g/mol. The van der Waals surface area contributed by atoms with Crippen molar-refractivity contribution >= 4 is 23.0 Å². The van der Waals surface area contributed by atoms with E-state index < -0.39 is 4.92 Å². The lowest BCUT2D eigenvalue weighted by Crippen LogP contribution is -3.14. The molecule has 0 aromatic heterocycles. The predicted octanol–water partition coefficient (Wildman–Crippen LogP) is -0.0762. The second-order valence-corrected chi connectivity index (χ2v) is 6.90. The molecule has 0 amide bonds. The third-order valence-electron chi connectivity index (χ3n) is 4.65. The number of rotatable bonds is 10. The number of quaternary nitrogens is 1. The van der Waals surface area contributed by atoms with E-state index in [1.54, 1.807) is 11.0 Å². The van der Waals surface area contributed by atoms with Crippen molar-refractivity contribution in [3.63, 3.8) is 0 Å². The standard InChI is InChI=1S/C18H28N4O5S/c1-25-16-12-14(15(22(23)24)13-17(16)26-2)4-6-20-18(28)19-5-3-7-21-8-10-27-11-9-21/h12-13H,3-11H2,1-2H3,(H2,19,20,28)/p+1. The van der Waals surface area contributed by atoms with Gasteiger partial charge in [0.05, 0.1) is 45.0 Å². The van der Waals surface area contributed by atoms with Crippen molar-refractivity contribution in [3.05, 3.63) is 27.8 Å². The van der Waals surface area contributed by atoms with Gasteiger partial charge in [0.2, 0.25) is 0 Å². The Labute approximate surface area is 170 Å². The molecule has 0 bridgehead atoms. The van der Waals surface area contributed by atoms with E-state index in [0.717, 1.165) is 45.8 Å². The van der Waals surface area contributed by atoms with Gasteiger partial charge in [-0.05, 0) is 24.7 Å². The zero-order chi connectivity index (χ0) is 20.4. The van der Waals surface area contributed by atoms with E-state index in [9.17, 15) is 10.1 Å². The van der Waals surface area contributed by atoms with Crippen molar-refractivity contribution in [2.45, 2.75) is 12.8 Å². The zero-order valence-corrected chi connectivity index (χ0v) is 17.2. The largest absolute Gasteiger partial charge is 0.493 e. The number of hydrogen-bond acceptors (Lipinski definition) is 6. The second kappa shape index (κ2) is 11.6. The molecule has 0 atom stereocenters. The van der Waals surface area contributed by atoms with Crippen LogP contribution in [-0.4, -0.2) is 70.2 Å². The summed E-state index contributed by atoms with van der Waals surface area (Å²) in [6, 6.07) is 3.03. The molecular weight excluding hydrogens is 384 g/mol. The SMILES string of the molecule is COc1cc(CCNC(=S)NCCC[NH+]2CCOCC2)c([N+](=O)[O-])cc1OC. The number of nitro groups is 1. The number of ether oxygens (including phenoxy) is 3. The number of morpholine rings is 1. The van der Waals surface area contributed by atoms with Crippen LogP contribution in [0.2, 0.25) is 0 Å². The van der Waals surface area contributed by atoms with Crippen LogP contribution in [-0.2, 0) is 11.2 Å². The average Bonchev–Trinajstić information content (AvgIpc) is 2.71. The van der Waals surface area contributed by atoms with Gasteiger partial charge in [-0.1, -0.05) is 0 Å². The number of benzene rings is 1. The highest BCUT2D eigenvalue weighted by Gasteiger charge is 2.19. The Morgan fingerprint density at radius 2 is 1.86 bits per heavy atom. The molecule has 1 heterocycles. The van der Waals surface area contributed by atoms with Crippen LogP contribution in [0.15, 0.2) is 12.1 Å². The van der Waals surface area contributed by atoms with Crippen LogP contribution in [0.4, 0.5) is 5.69 Å². The van der Waals surface area contributed by atoms with Gasteiger partial charge in [-0.25, -0.2) is 0 Å². The lowest BCUT2D eigenvalue weighted by molar-refractivity contribution is -0.908. The molecule has 0 unspecified atom stereocenters. The summed E-state index contributed by atoms with van der Waals surface area (Å²) in [6.45, 7) is 6.18. The van der Waals surface area contributed by atoms with E-state index in [0.29, 0.717) is 35.1 Å². The van der Waals surface area contributed by atoms with Gasteiger partial charge >= 0.3 is 0 Å². The van der Waals surface area contributed by atoms with Crippen LogP contribution < -0.4 is 25.0 Å². The van der Waals surface area contributed by atoms with Crippen molar-refractivity contribution in [2.75, 3.05) is 60.2 Å². The average molecular weight is 414 g/mol. The van der Waals surface area contributed by atoms with Gasteiger partial charge in [-0.3, -0.25) is 10.1 Å². The summed E-state index contributed by atoms with van der Waals surface area (Å²) < 4.78 is 15.7. The summed E-state index contributed by atoms with van der Waals surface area (Å²) >= 11 is 5.28. The number of hydrogen-bond donors (Lipinski definition) is 3. The molecule has 1 aromatic carbocycles. The fourth-order valence-electron chi connectivity index (χ4n) is 3.10. The quantitative estimate of drug-likeness (QED) is 0.212. The molecule has 0 saturated carbocycles. The van der Waals surface area contributed by atoms with E-state index in [2.05, 4.69) is 10.6 Å². The summed E-state index contributed by atoms with van der Waals surface area (Å²) in [5.41, 5.74) is 0.570. The maximum Gasteiger partial charge on any atom is 0.276 e. The normalized spacial score (nSPS) is 14.4. The summed E-state index contributed by atoms with van der Waals surface area (Å²) in [5.74, 6) is 0.805. The van der Waals surface area contributed by atoms with Crippen molar-refractivity contribution in [3.8, 4) is 11.5 Å². The first-order chi connectivity index (χ1) is 13.5.